The Hall–Kier alpha value is -2.41. The van der Waals surface area contributed by atoms with E-state index in [1.807, 2.05) is 31.2 Å². The fraction of sp³-hybridized carbons (Fsp3) is 0.188. The van der Waals surface area contributed by atoms with Crippen molar-refractivity contribution in [2.24, 2.45) is 0 Å². The second-order valence-corrected chi connectivity index (χ2v) is 5.98. The number of aryl methyl sites for hydroxylation is 1. The van der Waals surface area contributed by atoms with E-state index >= 15 is 0 Å². The van der Waals surface area contributed by atoms with Crippen LogP contribution in [-0.4, -0.2) is 25.7 Å². The molecular weight excluding hydrogens is 360 g/mol. The third kappa shape index (κ3) is 3.05. The number of aromatic carboxylic acids is 1. The molecule has 0 aliphatic carbocycles. The van der Waals surface area contributed by atoms with Gasteiger partial charge in [-0.2, -0.15) is 5.10 Å². The highest BCUT2D eigenvalue weighted by Crippen LogP contribution is 2.24. The normalized spacial score (nSPS) is 10.9. The molecule has 6 nitrogen and oxygen atoms in total. The third-order valence-corrected chi connectivity index (χ3v) is 4.10. The van der Waals surface area contributed by atoms with Crippen molar-refractivity contribution in [3.63, 3.8) is 0 Å². The topological polar surface area (TPSA) is 79.5 Å². The number of nitrogens with zero attached hydrogens (tertiary/aromatic N) is 3. The van der Waals surface area contributed by atoms with Crippen LogP contribution in [0.15, 0.2) is 41.3 Å². The Labute approximate surface area is 141 Å². The second-order valence-electron chi connectivity index (χ2n) is 5.07. The average Bonchev–Trinajstić information content (AvgIpc) is 2.92. The van der Waals surface area contributed by atoms with Crippen molar-refractivity contribution in [1.29, 1.82) is 0 Å². The van der Waals surface area contributed by atoms with E-state index in [1.165, 1.54) is 12.5 Å². The first-order valence-electron chi connectivity index (χ1n) is 7.17. The molecule has 23 heavy (non-hydrogen) atoms. The molecule has 0 saturated carbocycles. The fourth-order valence-electron chi connectivity index (χ4n) is 2.58. The Morgan fingerprint density at radius 1 is 1.43 bits per heavy atom. The summed E-state index contributed by atoms with van der Waals surface area (Å²) >= 11 is 3.45. The van der Waals surface area contributed by atoms with Crippen molar-refractivity contribution in [3.05, 3.63) is 58.0 Å². The van der Waals surface area contributed by atoms with E-state index in [0.717, 1.165) is 15.6 Å². The number of rotatable bonds is 5. The van der Waals surface area contributed by atoms with Gasteiger partial charge in [-0.1, -0.05) is 35.0 Å². The monoisotopic (exact) mass is 374 g/mol. The number of anilines is 1. The van der Waals surface area contributed by atoms with E-state index in [9.17, 15) is 9.90 Å². The molecule has 0 radical (unpaired) electrons. The summed E-state index contributed by atoms with van der Waals surface area (Å²) in [5.41, 5.74) is 2.80. The van der Waals surface area contributed by atoms with Crippen LogP contribution in [0.2, 0.25) is 0 Å². The van der Waals surface area contributed by atoms with Gasteiger partial charge >= 0.3 is 5.97 Å². The van der Waals surface area contributed by atoms with E-state index in [-0.39, 0.29) is 5.56 Å². The van der Waals surface area contributed by atoms with E-state index < -0.39 is 5.97 Å². The third-order valence-electron chi connectivity index (χ3n) is 3.61. The van der Waals surface area contributed by atoms with Crippen molar-refractivity contribution in [2.45, 2.75) is 19.9 Å². The highest BCUT2D eigenvalue weighted by atomic mass is 79.9. The number of hydrogen-bond acceptors (Lipinski definition) is 4. The van der Waals surface area contributed by atoms with E-state index in [0.29, 0.717) is 24.3 Å². The lowest BCUT2D eigenvalue weighted by Crippen LogP contribution is -2.05. The molecule has 0 aliphatic rings. The van der Waals surface area contributed by atoms with Gasteiger partial charge in [0, 0.05) is 17.2 Å². The Morgan fingerprint density at radius 2 is 2.26 bits per heavy atom. The van der Waals surface area contributed by atoms with Gasteiger partial charge in [0.1, 0.15) is 11.8 Å². The zero-order chi connectivity index (χ0) is 16.4. The molecule has 0 saturated heterocycles. The first-order valence-corrected chi connectivity index (χ1v) is 7.96. The van der Waals surface area contributed by atoms with Crippen molar-refractivity contribution in [1.82, 2.24) is 14.6 Å². The summed E-state index contributed by atoms with van der Waals surface area (Å²) in [5.74, 6) is -0.324. The largest absolute Gasteiger partial charge is 0.478 e. The Balaban J connectivity index is 1.99. The first-order chi connectivity index (χ1) is 11.1. The number of hydrogen-bond donors (Lipinski definition) is 2. The Bertz CT molecular complexity index is 876. The standard InChI is InChI=1S/C16H15BrN4O2/c1-2-12-13(16(22)23)8-21-14(12)15(19-9-20-21)18-7-10-4-3-5-11(17)6-10/h3-6,8-9H,2,7H2,1H3,(H,22,23)(H,18,19,20). The number of nitrogens with one attached hydrogen (secondary N) is 1. The summed E-state index contributed by atoms with van der Waals surface area (Å²) in [4.78, 5) is 15.7. The Morgan fingerprint density at radius 3 is 2.96 bits per heavy atom. The molecular formula is C16H15BrN4O2. The highest BCUT2D eigenvalue weighted by molar-refractivity contribution is 9.10. The van der Waals surface area contributed by atoms with Gasteiger partial charge in [0.2, 0.25) is 0 Å². The van der Waals surface area contributed by atoms with Crippen LogP contribution in [0.1, 0.15) is 28.4 Å². The van der Waals surface area contributed by atoms with Gasteiger partial charge in [-0.25, -0.2) is 14.3 Å². The minimum absolute atomic E-state index is 0.263. The first kappa shape index (κ1) is 15.5. The van der Waals surface area contributed by atoms with Gasteiger partial charge < -0.3 is 10.4 Å². The van der Waals surface area contributed by atoms with Crippen molar-refractivity contribution in [3.8, 4) is 0 Å². The second kappa shape index (κ2) is 6.37. The fourth-order valence-corrected chi connectivity index (χ4v) is 3.02. The maximum Gasteiger partial charge on any atom is 0.337 e. The van der Waals surface area contributed by atoms with Crippen LogP contribution in [-0.2, 0) is 13.0 Å². The van der Waals surface area contributed by atoms with E-state index in [2.05, 4.69) is 31.3 Å². The molecule has 2 N–H and O–H groups in total. The van der Waals surface area contributed by atoms with Gasteiger partial charge in [-0.05, 0) is 29.7 Å². The number of carbonyl (C=O) groups is 1. The summed E-state index contributed by atoms with van der Waals surface area (Å²) in [7, 11) is 0. The molecule has 1 aromatic carbocycles. The van der Waals surface area contributed by atoms with Gasteiger partial charge in [0.15, 0.2) is 5.82 Å². The van der Waals surface area contributed by atoms with Crippen molar-refractivity contribution in [2.75, 3.05) is 5.32 Å². The lowest BCUT2D eigenvalue weighted by molar-refractivity contribution is 0.0696. The number of aromatic nitrogens is 3. The van der Waals surface area contributed by atoms with Crippen LogP contribution in [0.5, 0.6) is 0 Å². The summed E-state index contributed by atoms with van der Waals surface area (Å²) in [6.45, 7) is 2.51. The lowest BCUT2D eigenvalue weighted by Gasteiger charge is -2.09. The molecule has 3 aromatic rings. The number of fused-ring (bicyclic) bond motifs is 1. The van der Waals surface area contributed by atoms with E-state index in [4.69, 9.17) is 0 Å². The van der Waals surface area contributed by atoms with Crippen molar-refractivity contribution < 1.29 is 9.90 Å². The predicted molar refractivity (Wildman–Crippen MR) is 90.8 cm³/mol. The van der Waals surface area contributed by atoms with Crippen LogP contribution in [0.3, 0.4) is 0 Å². The summed E-state index contributed by atoms with van der Waals surface area (Å²) in [5, 5.41) is 16.7. The average molecular weight is 375 g/mol. The molecule has 2 aromatic heterocycles. The summed E-state index contributed by atoms with van der Waals surface area (Å²) in [6, 6.07) is 7.96. The Kier molecular flexibility index (Phi) is 4.29. The molecule has 0 spiro atoms. The van der Waals surface area contributed by atoms with Crippen LogP contribution in [0.25, 0.3) is 5.52 Å². The number of halogens is 1. The zero-order valence-corrected chi connectivity index (χ0v) is 14.0. The zero-order valence-electron chi connectivity index (χ0n) is 12.5. The summed E-state index contributed by atoms with van der Waals surface area (Å²) in [6.07, 6.45) is 3.54. The molecule has 3 rings (SSSR count). The molecule has 0 fully saturated rings. The number of carboxylic acid groups (broad SMARTS) is 1. The van der Waals surface area contributed by atoms with Crippen molar-refractivity contribution >= 4 is 33.2 Å². The molecule has 0 atom stereocenters. The summed E-state index contributed by atoms with van der Waals surface area (Å²) < 4.78 is 2.58. The minimum atomic E-state index is -0.953. The maximum absolute atomic E-state index is 11.4. The van der Waals surface area contributed by atoms with Crippen LogP contribution < -0.4 is 5.32 Å². The smallest absolute Gasteiger partial charge is 0.337 e. The molecule has 118 valence electrons. The van der Waals surface area contributed by atoms with Gasteiger partial charge in [-0.3, -0.25) is 0 Å². The lowest BCUT2D eigenvalue weighted by atomic mass is 10.1. The molecule has 0 aliphatic heterocycles. The van der Waals surface area contributed by atoms with Gasteiger partial charge in [-0.15, -0.1) is 0 Å². The SMILES string of the molecule is CCc1c(C(=O)O)cn2ncnc(NCc3cccc(Br)c3)c12. The quantitative estimate of drug-likeness (QED) is 0.715. The van der Waals surface area contributed by atoms with Crippen LogP contribution in [0.4, 0.5) is 5.82 Å². The predicted octanol–water partition coefficient (Wildman–Crippen LogP) is 3.36. The molecule has 7 heteroatoms. The molecule has 0 unspecified atom stereocenters. The maximum atomic E-state index is 11.4. The van der Waals surface area contributed by atoms with Crippen LogP contribution >= 0.6 is 15.9 Å². The molecule has 0 bridgehead atoms. The molecule has 0 amide bonds. The minimum Gasteiger partial charge on any atom is -0.478 e. The van der Waals surface area contributed by atoms with Gasteiger partial charge in [0.25, 0.3) is 0 Å². The number of benzene rings is 1. The molecule has 2 heterocycles. The number of carboxylic acids is 1. The van der Waals surface area contributed by atoms with Crippen LogP contribution in [0, 0.1) is 0 Å². The van der Waals surface area contributed by atoms with Gasteiger partial charge in [0.05, 0.1) is 5.56 Å². The highest BCUT2D eigenvalue weighted by Gasteiger charge is 2.18. The van der Waals surface area contributed by atoms with E-state index in [1.54, 1.807) is 4.52 Å².